The van der Waals surface area contributed by atoms with E-state index in [2.05, 4.69) is 35.0 Å². The number of carbonyl (C=O) groups is 2. The van der Waals surface area contributed by atoms with Gasteiger partial charge in [-0.05, 0) is 53.4 Å². The molecule has 3 aromatic carbocycles. The predicted octanol–water partition coefficient (Wildman–Crippen LogP) is 5.78. The van der Waals surface area contributed by atoms with Gasteiger partial charge in [0.05, 0.1) is 24.5 Å². The first-order valence-corrected chi connectivity index (χ1v) is 13.7. The minimum Gasteiger partial charge on any atom is -0.480 e. The van der Waals surface area contributed by atoms with Gasteiger partial charge in [-0.3, -0.25) is 4.79 Å². The average Bonchev–Trinajstić information content (AvgIpc) is 3.31. The zero-order valence-corrected chi connectivity index (χ0v) is 24.0. The molecule has 0 saturated carbocycles. The molecule has 1 aliphatic heterocycles. The van der Waals surface area contributed by atoms with Crippen LogP contribution in [0.1, 0.15) is 39.6 Å². The average molecular weight is 578 g/mol. The molecule has 0 saturated heterocycles. The van der Waals surface area contributed by atoms with Gasteiger partial charge in [-0.1, -0.05) is 65.7 Å². The molecule has 9 heteroatoms. The Labute approximate surface area is 243 Å². The molecule has 0 spiro atoms. The molecule has 5 rings (SSSR count). The highest BCUT2D eigenvalue weighted by Gasteiger charge is 2.40. The molecular formula is C31H30Cl2N4O3. The summed E-state index contributed by atoms with van der Waals surface area (Å²) in [7, 11) is 4.02. The summed E-state index contributed by atoms with van der Waals surface area (Å²) >= 11 is 12.7. The first-order chi connectivity index (χ1) is 19.1. The van der Waals surface area contributed by atoms with Gasteiger partial charge in [-0.15, -0.1) is 0 Å². The van der Waals surface area contributed by atoms with Crippen LogP contribution in [0.15, 0.2) is 73.1 Å². The Morgan fingerprint density at radius 3 is 2.45 bits per heavy atom. The van der Waals surface area contributed by atoms with Gasteiger partial charge in [-0.25, -0.2) is 9.78 Å². The molecule has 2 atom stereocenters. The van der Waals surface area contributed by atoms with Crippen LogP contribution in [0.25, 0.3) is 0 Å². The molecule has 1 amide bonds. The second kappa shape index (κ2) is 11.4. The van der Waals surface area contributed by atoms with Crippen molar-refractivity contribution in [1.29, 1.82) is 0 Å². The van der Waals surface area contributed by atoms with E-state index in [4.69, 9.17) is 23.2 Å². The summed E-state index contributed by atoms with van der Waals surface area (Å²) in [6.07, 6.45) is 1.89. The summed E-state index contributed by atoms with van der Waals surface area (Å²) in [5.41, 5.74) is 6.20. The van der Waals surface area contributed by atoms with Crippen molar-refractivity contribution >= 4 is 40.8 Å². The lowest BCUT2D eigenvalue weighted by atomic mass is 9.88. The maximum Gasteiger partial charge on any atom is 0.326 e. The van der Waals surface area contributed by atoms with E-state index in [0.29, 0.717) is 33.4 Å². The number of amides is 1. The summed E-state index contributed by atoms with van der Waals surface area (Å²) in [6, 6.07) is 19.3. The van der Waals surface area contributed by atoms with Gasteiger partial charge in [0.2, 0.25) is 5.91 Å². The number of rotatable bonds is 7. The number of carboxylic acid groups (broad SMARTS) is 1. The van der Waals surface area contributed by atoms with Gasteiger partial charge in [0.15, 0.2) is 0 Å². The minimum absolute atomic E-state index is 0.0886. The smallest absolute Gasteiger partial charge is 0.326 e. The van der Waals surface area contributed by atoms with Gasteiger partial charge in [0.25, 0.3) is 0 Å². The van der Waals surface area contributed by atoms with E-state index in [1.165, 1.54) is 4.90 Å². The van der Waals surface area contributed by atoms with Gasteiger partial charge < -0.3 is 19.5 Å². The van der Waals surface area contributed by atoms with Crippen LogP contribution in [0, 0.1) is 6.92 Å². The van der Waals surface area contributed by atoms with Crippen molar-refractivity contribution in [3.8, 4) is 0 Å². The molecule has 7 nitrogen and oxygen atoms in total. The molecule has 40 heavy (non-hydrogen) atoms. The third-order valence-electron chi connectivity index (χ3n) is 7.45. The second-order valence-electron chi connectivity index (χ2n) is 10.3. The zero-order chi connectivity index (χ0) is 28.6. The number of carbonyl (C=O) groups excluding carboxylic acids is 1. The summed E-state index contributed by atoms with van der Waals surface area (Å²) in [6.45, 7) is 2.72. The van der Waals surface area contributed by atoms with Gasteiger partial charge in [0, 0.05) is 48.5 Å². The highest BCUT2D eigenvalue weighted by Crippen LogP contribution is 2.35. The van der Waals surface area contributed by atoms with E-state index >= 15 is 0 Å². The van der Waals surface area contributed by atoms with Crippen LogP contribution < -0.4 is 4.90 Å². The van der Waals surface area contributed by atoms with Crippen LogP contribution in [-0.4, -0.2) is 51.6 Å². The number of aliphatic carboxylic acids is 1. The number of aryl methyl sites for hydroxylation is 1. The van der Waals surface area contributed by atoms with Gasteiger partial charge in [-0.2, -0.15) is 0 Å². The molecule has 1 aliphatic rings. The number of carboxylic acids is 1. The van der Waals surface area contributed by atoms with Crippen molar-refractivity contribution in [3.63, 3.8) is 0 Å². The number of hydrogen-bond acceptors (Lipinski definition) is 4. The zero-order valence-electron chi connectivity index (χ0n) is 22.5. The Kier molecular flexibility index (Phi) is 7.88. The Bertz CT molecular complexity index is 1570. The van der Waals surface area contributed by atoms with Crippen LogP contribution in [0.5, 0.6) is 0 Å². The van der Waals surface area contributed by atoms with Crippen LogP contribution in [0.2, 0.25) is 10.0 Å². The van der Waals surface area contributed by atoms with E-state index in [9.17, 15) is 14.7 Å². The maximum absolute atomic E-state index is 14.2. The predicted molar refractivity (Wildman–Crippen MR) is 157 cm³/mol. The lowest BCUT2D eigenvalue weighted by Gasteiger charge is -2.36. The van der Waals surface area contributed by atoms with Crippen molar-refractivity contribution in [3.05, 3.63) is 117 Å². The Balaban J connectivity index is 1.48. The van der Waals surface area contributed by atoms with E-state index in [0.717, 1.165) is 22.5 Å². The topological polar surface area (TPSA) is 78.7 Å². The van der Waals surface area contributed by atoms with Crippen LogP contribution >= 0.6 is 23.2 Å². The molecule has 0 aliphatic carbocycles. The number of hydrogen-bond donors (Lipinski definition) is 1. The Morgan fingerprint density at radius 1 is 1.07 bits per heavy atom. The quantitative estimate of drug-likeness (QED) is 0.301. The third-order valence-corrected chi connectivity index (χ3v) is 8.04. The normalized spacial score (nSPS) is 15.4. The minimum atomic E-state index is -1.06. The van der Waals surface area contributed by atoms with Crippen LogP contribution in [0.3, 0.4) is 0 Å². The first kappa shape index (κ1) is 27.7. The number of aromatic nitrogens is 2. The molecule has 0 radical (unpaired) electrons. The van der Waals surface area contributed by atoms with Crippen LogP contribution in [-0.2, 0) is 29.1 Å². The van der Waals surface area contributed by atoms with Crippen molar-refractivity contribution in [2.45, 2.75) is 38.4 Å². The molecule has 1 N–H and O–H groups in total. The highest BCUT2D eigenvalue weighted by molar-refractivity contribution is 6.32. The molecule has 4 aromatic rings. The van der Waals surface area contributed by atoms with Crippen molar-refractivity contribution in [2.24, 2.45) is 0 Å². The lowest BCUT2D eigenvalue weighted by Crippen LogP contribution is -2.50. The molecule has 2 heterocycles. The molecule has 1 aromatic heterocycles. The number of nitrogens with zero attached hydrogens (tertiary/aromatic N) is 4. The maximum atomic E-state index is 14.2. The Hall–Kier alpha value is -3.81. The second-order valence-corrected chi connectivity index (χ2v) is 11.2. The van der Waals surface area contributed by atoms with E-state index in [1.54, 1.807) is 48.8 Å². The largest absolute Gasteiger partial charge is 0.480 e. The first-order valence-electron chi connectivity index (χ1n) is 13.0. The molecule has 0 bridgehead atoms. The highest BCUT2D eigenvalue weighted by atomic mass is 35.5. The summed E-state index contributed by atoms with van der Waals surface area (Å²) in [4.78, 5) is 34.9. The standard InChI is InChI=1S/C31H30Cl2N4O3/c1-19-14-20(8-13-26(19)35(2)3)16-36-18-34-25-17-37(28(31(39)40)15-27(25)36)30(38)29(21-9-11-22(32)12-10-21)23-6-4-5-7-24(23)33/h4-14,18,28-29H,15-17H2,1-3H3,(H,39,40). The fourth-order valence-electron chi connectivity index (χ4n) is 5.47. The number of imidazole rings is 1. The monoisotopic (exact) mass is 576 g/mol. The third kappa shape index (κ3) is 5.44. The number of fused-ring (bicyclic) bond motifs is 1. The molecule has 206 valence electrons. The number of benzene rings is 3. The van der Waals surface area contributed by atoms with Crippen molar-refractivity contribution < 1.29 is 14.7 Å². The lowest BCUT2D eigenvalue weighted by molar-refractivity contribution is -0.151. The van der Waals surface area contributed by atoms with Crippen LogP contribution in [0.4, 0.5) is 5.69 Å². The summed E-state index contributed by atoms with van der Waals surface area (Å²) in [5.74, 6) is -2.21. The Morgan fingerprint density at radius 2 is 1.80 bits per heavy atom. The molecular weight excluding hydrogens is 547 g/mol. The summed E-state index contributed by atoms with van der Waals surface area (Å²) < 4.78 is 1.99. The van der Waals surface area contributed by atoms with Crippen molar-refractivity contribution in [1.82, 2.24) is 14.5 Å². The van der Waals surface area contributed by atoms with Crippen molar-refractivity contribution in [2.75, 3.05) is 19.0 Å². The molecule has 0 fully saturated rings. The van der Waals surface area contributed by atoms with E-state index in [1.807, 2.05) is 24.7 Å². The fraction of sp³-hybridized carbons (Fsp3) is 0.258. The molecule has 2 unspecified atom stereocenters. The fourth-order valence-corrected chi connectivity index (χ4v) is 5.84. The SMILES string of the molecule is Cc1cc(Cn2cnc3c2CC(C(=O)O)N(C(=O)C(c2ccc(Cl)cc2)c2ccccc2Cl)C3)ccc1N(C)C. The number of halogens is 2. The van der Waals surface area contributed by atoms with Gasteiger partial charge >= 0.3 is 5.97 Å². The van der Waals surface area contributed by atoms with E-state index < -0.39 is 17.9 Å². The van der Waals surface area contributed by atoms with E-state index in [-0.39, 0.29) is 18.9 Å². The number of anilines is 1. The summed E-state index contributed by atoms with van der Waals surface area (Å²) in [5, 5.41) is 11.2. The van der Waals surface area contributed by atoms with Gasteiger partial charge in [0.1, 0.15) is 6.04 Å².